The van der Waals surface area contributed by atoms with Gasteiger partial charge in [-0.1, -0.05) is 29.8 Å². The van der Waals surface area contributed by atoms with E-state index in [1.165, 1.54) is 12.1 Å². The summed E-state index contributed by atoms with van der Waals surface area (Å²) in [4.78, 5) is 23.5. The van der Waals surface area contributed by atoms with Crippen molar-refractivity contribution in [2.45, 2.75) is 13.8 Å². The van der Waals surface area contributed by atoms with E-state index in [1.54, 1.807) is 44.2 Å². The Morgan fingerprint density at radius 2 is 1.68 bits per heavy atom. The van der Waals surface area contributed by atoms with E-state index in [4.69, 9.17) is 4.74 Å². The summed E-state index contributed by atoms with van der Waals surface area (Å²) in [5.74, 6) is -1.16. The number of anilines is 2. The third kappa shape index (κ3) is 5.86. The topological polar surface area (TPSA) is 67.4 Å². The summed E-state index contributed by atoms with van der Waals surface area (Å²) in [7, 11) is 0. The Kier molecular flexibility index (Phi) is 6.52. The minimum atomic E-state index is -0.549. The van der Waals surface area contributed by atoms with Crippen molar-refractivity contribution in [2.24, 2.45) is 5.92 Å². The molecule has 0 aliphatic rings. The van der Waals surface area contributed by atoms with Crippen LogP contribution in [0.15, 0.2) is 46.9 Å². The maximum atomic E-state index is 13.6. The van der Waals surface area contributed by atoms with Gasteiger partial charge < -0.3 is 15.4 Å². The van der Waals surface area contributed by atoms with E-state index in [2.05, 4.69) is 26.6 Å². The summed E-state index contributed by atoms with van der Waals surface area (Å²) >= 11 is 3.15. The molecule has 2 N–H and O–H groups in total. The standard InChI is InChI=1S/C18H18BrFN2O3/c1-11(2)18(24)22-14-6-4-13(5-7-14)21-17(23)10-25-16-8-3-12(19)9-15(16)20/h3-9,11H,10H2,1-2H3,(H,21,23)(H,22,24). The summed E-state index contributed by atoms with van der Waals surface area (Å²) in [5.41, 5.74) is 1.19. The SMILES string of the molecule is CC(C)C(=O)Nc1ccc(NC(=O)COc2ccc(Br)cc2F)cc1. The Morgan fingerprint density at radius 3 is 2.24 bits per heavy atom. The molecule has 2 aromatic rings. The first-order valence-corrected chi connectivity index (χ1v) is 8.43. The van der Waals surface area contributed by atoms with Gasteiger partial charge in [0.1, 0.15) is 0 Å². The minimum absolute atomic E-state index is 0.00472. The highest BCUT2D eigenvalue weighted by Crippen LogP contribution is 2.21. The van der Waals surface area contributed by atoms with Crippen LogP contribution in [0.4, 0.5) is 15.8 Å². The van der Waals surface area contributed by atoms with Gasteiger partial charge in [-0.25, -0.2) is 4.39 Å². The van der Waals surface area contributed by atoms with Crippen LogP contribution in [0, 0.1) is 11.7 Å². The average molecular weight is 409 g/mol. The number of carbonyl (C=O) groups excluding carboxylic acids is 2. The molecule has 0 radical (unpaired) electrons. The molecular weight excluding hydrogens is 391 g/mol. The zero-order valence-electron chi connectivity index (χ0n) is 13.8. The molecule has 5 nitrogen and oxygen atoms in total. The molecule has 2 aromatic carbocycles. The number of halogens is 2. The van der Waals surface area contributed by atoms with Crippen molar-refractivity contribution in [1.29, 1.82) is 0 Å². The first-order chi connectivity index (χ1) is 11.8. The van der Waals surface area contributed by atoms with E-state index in [0.29, 0.717) is 15.8 Å². The van der Waals surface area contributed by atoms with E-state index >= 15 is 0 Å². The van der Waals surface area contributed by atoms with E-state index in [0.717, 1.165) is 0 Å². The van der Waals surface area contributed by atoms with Gasteiger partial charge in [0.05, 0.1) is 0 Å². The largest absolute Gasteiger partial charge is 0.481 e. The maximum absolute atomic E-state index is 13.6. The molecule has 2 rings (SSSR count). The highest BCUT2D eigenvalue weighted by Gasteiger charge is 2.09. The monoisotopic (exact) mass is 408 g/mol. The summed E-state index contributed by atoms with van der Waals surface area (Å²) in [6.07, 6.45) is 0. The molecule has 0 saturated heterocycles. The molecule has 0 aromatic heterocycles. The van der Waals surface area contributed by atoms with Crippen molar-refractivity contribution in [3.63, 3.8) is 0 Å². The van der Waals surface area contributed by atoms with Crippen molar-refractivity contribution in [3.05, 3.63) is 52.8 Å². The van der Waals surface area contributed by atoms with E-state index in [9.17, 15) is 14.0 Å². The first kappa shape index (κ1) is 18.9. The lowest BCUT2D eigenvalue weighted by Crippen LogP contribution is -2.20. The normalized spacial score (nSPS) is 10.4. The molecule has 0 unspecified atom stereocenters. The first-order valence-electron chi connectivity index (χ1n) is 7.64. The van der Waals surface area contributed by atoms with Crippen LogP contribution in [-0.2, 0) is 9.59 Å². The quantitative estimate of drug-likeness (QED) is 0.752. The summed E-state index contributed by atoms with van der Waals surface area (Å²) in [5, 5.41) is 5.40. The average Bonchev–Trinajstić information content (AvgIpc) is 2.55. The van der Waals surface area contributed by atoms with Gasteiger partial charge in [-0.3, -0.25) is 9.59 Å². The second-order valence-corrected chi connectivity index (χ2v) is 6.55. The molecule has 0 saturated carbocycles. The van der Waals surface area contributed by atoms with Crippen LogP contribution >= 0.6 is 15.9 Å². The van der Waals surface area contributed by atoms with E-state index in [1.807, 2.05) is 0 Å². The van der Waals surface area contributed by atoms with Gasteiger partial charge in [0.2, 0.25) is 5.91 Å². The van der Waals surface area contributed by atoms with E-state index < -0.39 is 11.7 Å². The lowest BCUT2D eigenvalue weighted by molar-refractivity contribution is -0.119. The second kappa shape index (κ2) is 8.62. The van der Waals surface area contributed by atoms with Crippen LogP contribution in [0.2, 0.25) is 0 Å². The van der Waals surface area contributed by atoms with Crippen LogP contribution in [0.25, 0.3) is 0 Å². The van der Waals surface area contributed by atoms with Crippen LogP contribution in [0.5, 0.6) is 5.75 Å². The smallest absolute Gasteiger partial charge is 0.262 e. The van der Waals surface area contributed by atoms with Gasteiger partial charge in [0.25, 0.3) is 5.91 Å². The zero-order valence-corrected chi connectivity index (χ0v) is 15.4. The lowest BCUT2D eigenvalue weighted by Gasteiger charge is -2.10. The Bertz CT molecular complexity index is 763. The Hall–Kier alpha value is -2.41. The molecule has 0 fully saturated rings. The van der Waals surface area contributed by atoms with Crippen molar-refractivity contribution < 1.29 is 18.7 Å². The highest BCUT2D eigenvalue weighted by atomic mass is 79.9. The van der Waals surface area contributed by atoms with Crippen LogP contribution < -0.4 is 15.4 Å². The predicted molar refractivity (Wildman–Crippen MR) is 98.1 cm³/mol. The van der Waals surface area contributed by atoms with Crippen molar-refractivity contribution in [1.82, 2.24) is 0 Å². The molecule has 0 aliphatic heterocycles. The van der Waals surface area contributed by atoms with Gasteiger partial charge in [-0.2, -0.15) is 0 Å². The molecule has 0 bridgehead atoms. The summed E-state index contributed by atoms with van der Waals surface area (Å²) in [6, 6.07) is 11.0. The molecule has 25 heavy (non-hydrogen) atoms. The zero-order chi connectivity index (χ0) is 18.4. The third-order valence-corrected chi connectivity index (χ3v) is 3.71. The molecule has 0 aliphatic carbocycles. The van der Waals surface area contributed by atoms with Gasteiger partial charge in [0, 0.05) is 21.8 Å². The van der Waals surface area contributed by atoms with Gasteiger partial charge >= 0.3 is 0 Å². The number of carbonyl (C=O) groups is 2. The molecule has 7 heteroatoms. The fourth-order valence-corrected chi connectivity index (χ4v) is 2.19. The summed E-state index contributed by atoms with van der Waals surface area (Å²) < 4.78 is 19.4. The Labute approximate surface area is 153 Å². The van der Waals surface area contributed by atoms with Gasteiger partial charge in [0.15, 0.2) is 18.2 Å². The Balaban J connectivity index is 1.87. The number of hydrogen-bond acceptors (Lipinski definition) is 3. The number of rotatable bonds is 6. The minimum Gasteiger partial charge on any atom is -0.481 e. The molecule has 132 valence electrons. The number of ether oxygens (including phenoxy) is 1. The molecule has 2 amide bonds. The Morgan fingerprint density at radius 1 is 1.08 bits per heavy atom. The molecule has 0 atom stereocenters. The fraction of sp³-hybridized carbons (Fsp3) is 0.222. The fourth-order valence-electron chi connectivity index (χ4n) is 1.86. The van der Waals surface area contributed by atoms with Crippen LogP contribution in [-0.4, -0.2) is 18.4 Å². The number of amides is 2. The number of benzene rings is 2. The molecular formula is C18H18BrFN2O3. The lowest BCUT2D eigenvalue weighted by atomic mass is 10.2. The molecule has 0 heterocycles. The van der Waals surface area contributed by atoms with Crippen molar-refractivity contribution >= 4 is 39.1 Å². The van der Waals surface area contributed by atoms with Crippen molar-refractivity contribution in [2.75, 3.05) is 17.2 Å². The third-order valence-electron chi connectivity index (χ3n) is 3.21. The van der Waals surface area contributed by atoms with Crippen LogP contribution in [0.1, 0.15) is 13.8 Å². The van der Waals surface area contributed by atoms with E-state index in [-0.39, 0.29) is 24.2 Å². The second-order valence-electron chi connectivity index (χ2n) is 5.63. The van der Waals surface area contributed by atoms with Gasteiger partial charge in [-0.05, 0) is 42.5 Å². The highest BCUT2D eigenvalue weighted by molar-refractivity contribution is 9.10. The van der Waals surface area contributed by atoms with Crippen LogP contribution in [0.3, 0.4) is 0 Å². The molecule has 0 spiro atoms. The van der Waals surface area contributed by atoms with Gasteiger partial charge in [-0.15, -0.1) is 0 Å². The number of hydrogen-bond donors (Lipinski definition) is 2. The summed E-state index contributed by atoms with van der Waals surface area (Å²) in [6.45, 7) is 3.29. The number of nitrogens with one attached hydrogen (secondary N) is 2. The maximum Gasteiger partial charge on any atom is 0.262 e. The predicted octanol–water partition coefficient (Wildman–Crippen LogP) is 4.20. The van der Waals surface area contributed by atoms with Crippen molar-refractivity contribution in [3.8, 4) is 5.75 Å².